The summed E-state index contributed by atoms with van der Waals surface area (Å²) in [6.45, 7) is 0.137. The molecule has 0 aliphatic carbocycles. The highest BCUT2D eigenvalue weighted by Crippen LogP contribution is 2.36. The predicted octanol–water partition coefficient (Wildman–Crippen LogP) is 6.74. The molecule has 3 aromatic carbocycles. The summed E-state index contributed by atoms with van der Waals surface area (Å²) in [7, 11) is 0. The van der Waals surface area contributed by atoms with E-state index in [9.17, 15) is 18.0 Å². The molecule has 2 amide bonds. The zero-order valence-electron chi connectivity index (χ0n) is 19.1. The average Bonchev–Trinajstić information content (AvgIpc) is 2.88. The van der Waals surface area contributed by atoms with Crippen LogP contribution < -0.4 is 10.6 Å². The molecule has 0 bridgehead atoms. The van der Waals surface area contributed by atoms with E-state index in [1.807, 2.05) is 30.3 Å². The van der Waals surface area contributed by atoms with Crippen LogP contribution in [0, 0.1) is 0 Å². The molecular weight excluding hydrogens is 487 g/mol. The fourth-order valence-corrected chi connectivity index (χ4v) is 4.26. The normalized spacial score (nSPS) is 13.0. The van der Waals surface area contributed by atoms with Crippen LogP contribution in [0.4, 0.5) is 18.0 Å². The lowest BCUT2D eigenvalue weighted by Gasteiger charge is -2.35. The third-order valence-electron chi connectivity index (χ3n) is 5.82. The minimum atomic E-state index is -4.55. The van der Waals surface area contributed by atoms with E-state index >= 15 is 0 Å². The number of hydrogen-bond donors (Lipinski definition) is 2. The van der Waals surface area contributed by atoms with Crippen LogP contribution in [-0.4, -0.2) is 11.0 Å². The highest BCUT2D eigenvalue weighted by atomic mass is 35.5. The zero-order chi connectivity index (χ0) is 25.6. The maximum atomic E-state index is 13.7. The van der Waals surface area contributed by atoms with Crippen molar-refractivity contribution in [3.8, 4) is 0 Å². The first kappa shape index (κ1) is 25.3. The first-order valence-corrected chi connectivity index (χ1v) is 11.6. The van der Waals surface area contributed by atoms with Crippen molar-refractivity contribution >= 4 is 17.6 Å². The fraction of sp³-hybridized carbons (Fsp3) is 0.143. The van der Waals surface area contributed by atoms with E-state index in [1.54, 1.807) is 54.7 Å². The summed E-state index contributed by atoms with van der Waals surface area (Å²) in [6, 6.07) is 25.9. The van der Waals surface area contributed by atoms with Gasteiger partial charge in [-0.05, 0) is 47.0 Å². The number of carbonyl (C=O) groups excluding carboxylic acids is 1. The fourth-order valence-electron chi connectivity index (χ4n) is 4.05. The van der Waals surface area contributed by atoms with E-state index in [0.717, 1.165) is 17.7 Å². The lowest BCUT2D eigenvalue weighted by atomic mass is 9.80. The SMILES string of the molecule is O=C(NCc1ccccc1Cl)NC(Cc1ccccc1)(c1cccc(C(F)(F)F)c1)c1ccccn1. The van der Waals surface area contributed by atoms with E-state index in [0.29, 0.717) is 16.3 Å². The molecule has 4 rings (SSSR count). The van der Waals surface area contributed by atoms with E-state index in [2.05, 4.69) is 15.6 Å². The first-order chi connectivity index (χ1) is 17.3. The van der Waals surface area contributed by atoms with Gasteiger partial charge in [0.2, 0.25) is 0 Å². The molecule has 0 aliphatic rings. The molecular formula is C28H23ClF3N3O. The van der Waals surface area contributed by atoms with Gasteiger partial charge in [0.05, 0.1) is 11.3 Å². The van der Waals surface area contributed by atoms with E-state index < -0.39 is 23.3 Å². The molecule has 0 saturated carbocycles. The number of hydrogen-bond acceptors (Lipinski definition) is 2. The highest BCUT2D eigenvalue weighted by Gasteiger charge is 2.40. The quantitative estimate of drug-likeness (QED) is 0.290. The molecule has 1 unspecified atom stereocenters. The number of rotatable bonds is 7. The number of urea groups is 1. The minimum Gasteiger partial charge on any atom is -0.334 e. The molecule has 4 aromatic rings. The van der Waals surface area contributed by atoms with Crippen molar-refractivity contribution in [3.05, 3.63) is 136 Å². The molecule has 36 heavy (non-hydrogen) atoms. The van der Waals surface area contributed by atoms with Gasteiger partial charge in [0.25, 0.3) is 0 Å². The van der Waals surface area contributed by atoms with Crippen LogP contribution >= 0.6 is 11.6 Å². The molecule has 8 heteroatoms. The summed E-state index contributed by atoms with van der Waals surface area (Å²) in [5.74, 6) is 0. The Morgan fingerprint density at radius 2 is 1.53 bits per heavy atom. The number of nitrogens with one attached hydrogen (secondary N) is 2. The molecule has 1 aromatic heterocycles. The Hall–Kier alpha value is -3.84. The van der Waals surface area contributed by atoms with Gasteiger partial charge in [-0.25, -0.2) is 4.79 Å². The van der Waals surface area contributed by atoms with Crippen LogP contribution in [0.15, 0.2) is 103 Å². The number of aromatic nitrogens is 1. The lowest BCUT2D eigenvalue weighted by Crippen LogP contribution is -2.52. The number of amides is 2. The number of nitrogens with zero attached hydrogens (tertiary/aromatic N) is 1. The number of pyridine rings is 1. The Labute approximate surface area is 212 Å². The van der Waals surface area contributed by atoms with Gasteiger partial charge in [-0.2, -0.15) is 13.2 Å². The first-order valence-electron chi connectivity index (χ1n) is 11.2. The van der Waals surface area contributed by atoms with Gasteiger partial charge in [0.1, 0.15) is 5.54 Å². The maximum absolute atomic E-state index is 13.7. The largest absolute Gasteiger partial charge is 0.416 e. The van der Waals surface area contributed by atoms with Crippen LogP contribution in [-0.2, 0) is 24.7 Å². The van der Waals surface area contributed by atoms with Crippen LogP contribution in [0.25, 0.3) is 0 Å². The summed E-state index contributed by atoms with van der Waals surface area (Å²) >= 11 is 6.21. The van der Waals surface area contributed by atoms with Crippen LogP contribution in [0.3, 0.4) is 0 Å². The van der Waals surface area contributed by atoms with E-state index in [1.165, 1.54) is 6.07 Å². The van der Waals surface area contributed by atoms with Crippen molar-refractivity contribution in [2.24, 2.45) is 0 Å². The molecule has 0 spiro atoms. The number of benzene rings is 3. The molecule has 0 fully saturated rings. The van der Waals surface area contributed by atoms with Crippen molar-refractivity contribution in [2.45, 2.75) is 24.7 Å². The monoisotopic (exact) mass is 509 g/mol. The molecule has 0 radical (unpaired) electrons. The highest BCUT2D eigenvalue weighted by molar-refractivity contribution is 6.31. The van der Waals surface area contributed by atoms with Crippen molar-refractivity contribution in [3.63, 3.8) is 0 Å². The summed E-state index contributed by atoms with van der Waals surface area (Å²) in [6.07, 6.45) is -2.83. The smallest absolute Gasteiger partial charge is 0.334 e. The second-order valence-electron chi connectivity index (χ2n) is 8.26. The topological polar surface area (TPSA) is 54.0 Å². The number of halogens is 4. The average molecular weight is 510 g/mol. The van der Waals surface area contributed by atoms with Gasteiger partial charge in [-0.1, -0.05) is 78.3 Å². The van der Waals surface area contributed by atoms with Crippen molar-refractivity contribution in [1.29, 1.82) is 0 Å². The van der Waals surface area contributed by atoms with E-state index in [-0.39, 0.29) is 18.5 Å². The number of carbonyl (C=O) groups is 1. The molecule has 1 heterocycles. The van der Waals surface area contributed by atoms with Crippen LogP contribution in [0.5, 0.6) is 0 Å². The summed E-state index contributed by atoms with van der Waals surface area (Å²) in [5, 5.41) is 6.23. The van der Waals surface area contributed by atoms with Gasteiger partial charge >= 0.3 is 12.2 Å². The lowest BCUT2D eigenvalue weighted by molar-refractivity contribution is -0.137. The Kier molecular flexibility index (Phi) is 7.60. The predicted molar refractivity (Wildman–Crippen MR) is 133 cm³/mol. The molecule has 4 nitrogen and oxygen atoms in total. The Morgan fingerprint density at radius 1 is 0.833 bits per heavy atom. The molecule has 2 N–H and O–H groups in total. The summed E-state index contributed by atoms with van der Waals surface area (Å²) in [4.78, 5) is 17.7. The van der Waals surface area contributed by atoms with Crippen molar-refractivity contribution < 1.29 is 18.0 Å². The third kappa shape index (κ3) is 5.86. The summed E-state index contributed by atoms with van der Waals surface area (Å²) < 4.78 is 41.0. The summed E-state index contributed by atoms with van der Waals surface area (Å²) in [5.41, 5.74) is -0.0265. The van der Waals surface area contributed by atoms with Crippen molar-refractivity contribution in [2.75, 3.05) is 0 Å². The van der Waals surface area contributed by atoms with Gasteiger partial charge < -0.3 is 10.6 Å². The van der Waals surface area contributed by atoms with E-state index in [4.69, 9.17) is 11.6 Å². The second-order valence-corrected chi connectivity index (χ2v) is 8.67. The maximum Gasteiger partial charge on any atom is 0.416 e. The zero-order valence-corrected chi connectivity index (χ0v) is 19.9. The molecule has 184 valence electrons. The van der Waals surface area contributed by atoms with Crippen LogP contribution in [0.1, 0.15) is 27.9 Å². The third-order valence-corrected chi connectivity index (χ3v) is 6.19. The Bertz CT molecular complexity index is 1320. The van der Waals surface area contributed by atoms with Gasteiger partial charge in [-0.15, -0.1) is 0 Å². The standard InChI is InChI=1S/C28H23ClF3N3O/c29-24-14-5-4-11-21(24)19-34-26(36)35-27(25-15-6-7-16-33-25,18-20-9-2-1-3-10-20)22-12-8-13-23(17-22)28(30,31)32/h1-17H,18-19H2,(H2,34,35,36). The molecule has 0 saturated heterocycles. The number of alkyl halides is 3. The second kappa shape index (κ2) is 10.8. The Morgan fingerprint density at radius 3 is 2.22 bits per heavy atom. The van der Waals surface area contributed by atoms with Gasteiger partial charge in [0.15, 0.2) is 0 Å². The van der Waals surface area contributed by atoms with Crippen LogP contribution in [0.2, 0.25) is 5.02 Å². The van der Waals surface area contributed by atoms with Gasteiger partial charge in [0, 0.05) is 24.2 Å². The van der Waals surface area contributed by atoms with Gasteiger partial charge in [-0.3, -0.25) is 4.98 Å². The molecule has 0 aliphatic heterocycles. The minimum absolute atomic E-state index is 0.137. The molecule has 1 atom stereocenters. The van der Waals surface area contributed by atoms with Crippen molar-refractivity contribution in [1.82, 2.24) is 15.6 Å². The Balaban J connectivity index is 1.79.